The van der Waals surface area contributed by atoms with Crippen LogP contribution in [0.5, 0.6) is 5.75 Å². The van der Waals surface area contributed by atoms with E-state index in [1.54, 1.807) is 12.1 Å². The van der Waals surface area contributed by atoms with Crippen LogP contribution in [-0.4, -0.2) is 23.2 Å². The van der Waals surface area contributed by atoms with E-state index >= 15 is 0 Å². The van der Waals surface area contributed by atoms with Crippen molar-refractivity contribution in [1.29, 1.82) is 0 Å². The molecule has 0 aliphatic carbocycles. The third-order valence-electron chi connectivity index (χ3n) is 2.34. The lowest BCUT2D eigenvalue weighted by atomic mass is 10.2. The van der Waals surface area contributed by atoms with Crippen molar-refractivity contribution in [2.24, 2.45) is 0 Å². The fourth-order valence-corrected chi connectivity index (χ4v) is 2.19. The van der Waals surface area contributed by atoms with E-state index in [1.807, 2.05) is 0 Å². The van der Waals surface area contributed by atoms with E-state index in [-0.39, 0.29) is 10.5 Å². The number of ether oxygens (including phenoxy) is 1. The van der Waals surface area contributed by atoms with Gasteiger partial charge in [-0.3, -0.25) is 0 Å². The molecule has 1 aromatic heterocycles. The highest BCUT2D eigenvalue weighted by molar-refractivity contribution is 7.99. The molecule has 0 radical (unpaired) electrons. The van der Waals surface area contributed by atoms with Gasteiger partial charge in [0.1, 0.15) is 16.6 Å². The quantitative estimate of drug-likeness (QED) is 0.932. The molecule has 0 saturated heterocycles. The second kappa shape index (κ2) is 5.71. The zero-order valence-electron chi connectivity index (χ0n) is 9.96. The van der Waals surface area contributed by atoms with Crippen LogP contribution in [0.15, 0.2) is 46.5 Å². The van der Waals surface area contributed by atoms with Crippen molar-refractivity contribution in [1.82, 2.24) is 4.98 Å². The Morgan fingerprint density at radius 1 is 1.37 bits per heavy atom. The average Bonchev–Trinajstić information content (AvgIpc) is 2.42. The fraction of sp³-hybridized carbons (Fsp3) is 0.0769. The van der Waals surface area contributed by atoms with Crippen LogP contribution < -0.4 is 4.74 Å². The Hall–Kier alpha value is -2.08. The Labute approximate surface area is 113 Å². The molecule has 1 N–H and O–H groups in total. The summed E-state index contributed by atoms with van der Waals surface area (Å²) in [5.74, 6) is -0.971. The number of aromatic carboxylic acids is 1. The summed E-state index contributed by atoms with van der Waals surface area (Å²) in [6.45, 7) is 0. The van der Waals surface area contributed by atoms with Crippen LogP contribution in [0, 0.1) is 5.82 Å². The number of halogens is 1. The van der Waals surface area contributed by atoms with E-state index in [9.17, 15) is 9.18 Å². The van der Waals surface area contributed by atoms with Crippen LogP contribution in [0.3, 0.4) is 0 Å². The van der Waals surface area contributed by atoms with Crippen LogP contribution >= 0.6 is 11.8 Å². The number of benzene rings is 1. The van der Waals surface area contributed by atoms with Crippen LogP contribution in [0.2, 0.25) is 0 Å². The Morgan fingerprint density at radius 3 is 2.74 bits per heavy atom. The number of pyridine rings is 1. The maximum atomic E-state index is 13.6. The third kappa shape index (κ3) is 3.23. The number of carboxylic acid groups (broad SMARTS) is 1. The number of rotatable bonds is 4. The van der Waals surface area contributed by atoms with E-state index in [4.69, 9.17) is 9.84 Å². The molecule has 0 fully saturated rings. The molecule has 0 atom stereocenters. The van der Waals surface area contributed by atoms with Gasteiger partial charge in [0, 0.05) is 0 Å². The SMILES string of the molecule is COc1ccc(Sc2cc(C(=O)O)ccc2F)nc1. The van der Waals surface area contributed by atoms with E-state index in [2.05, 4.69) is 4.98 Å². The molecular formula is C13H10FNO3S. The summed E-state index contributed by atoms with van der Waals surface area (Å²) in [6.07, 6.45) is 1.52. The van der Waals surface area contributed by atoms with Gasteiger partial charge in [0.15, 0.2) is 0 Å². The van der Waals surface area contributed by atoms with Gasteiger partial charge in [0.05, 0.1) is 23.8 Å². The van der Waals surface area contributed by atoms with Crippen LogP contribution in [0.4, 0.5) is 4.39 Å². The third-order valence-corrected chi connectivity index (χ3v) is 3.32. The molecule has 1 aromatic carbocycles. The van der Waals surface area contributed by atoms with Crippen molar-refractivity contribution < 1.29 is 19.0 Å². The van der Waals surface area contributed by atoms with E-state index in [0.29, 0.717) is 10.8 Å². The van der Waals surface area contributed by atoms with E-state index in [0.717, 1.165) is 17.8 Å². The Balaban J connectivity index is 2.26. The highest BCUT2D eigenvalue weighted by atomic mass is 32.2. The summed E-state index contributed by atoms with van der Waals surface area (Å²) in [7, 11) is 1.53. The monoisotopic (exact) mass is 279 g/mol. The first-order valence-electron chi connectivity index (χ1n) is 5.31. The van der Waals surface area contributed by atoms with Gasteiger partial charge >= 0.3 is 5.97 Å². The zero-order chi connectivity index (χ0) is 13.8. The molecule has 19 heavy (non-hydrogen) atoms. The Bertz CT molecular complexity index is 601. The molecule has 6 heteroatoms. The number of hydrogen-bond donors (Lipinski definition) is 1. The second-order valence-electron chi connectivity index (χ2n) is 3.59. The first-order valence-corrected chi connectivity index (χ1v) is 6.12. The molecule has 98 valence electrons. The summed E-state index contributed by atoms with van der Waals surface area (Å²) >= 11 is 1.06. The van der Waals surface area contributed by atoms with Gasteiger partial charge in [0.2, 0.25) is 0 Å². The average molecular weight is 279 g/mol. The van der Waals surface area contributed by atoms with Gasteiger partial charge < -0.3 is 9.84 Å². The fourth-order valence-electron chi connectivity index (χ4n) is 1.38. The summed E-state index contributed by atoms with van der Waals surface area (Å²) in [6, 6.07) is 7.03. The smallest absolute Gasteiger partial charge is 0.335 e. The van der Waals surface area contributed by atoms with Crippen molar-refractivity contribution >= 4 is 17.7 Å². The second-order valence-corrected chi connectivity index (χ2v) is 4.65. The number of nitrogens with zero attached hydrogens (tertiary/aromatic N) is 1. The molecule has 2 rings (SSSR count). The normalized spacial score (nSPS) is 10.2. The van der Waals surface area contributed by atoms with Gasteiger partial charge in [-0.05, 0) is 30.3 Å². The van der Waals surface area contributed by atoms with Gasteiger partial charge in [-0.1, -0.05) is 11.8 Å². The first kappa shape index (κ1) is 13.4. The zero-order valence-corrected chi connectivity index (χ0v) is 10.8. The minimum Gasteiger partial charge on any atom is -0.495 e. The largest absolute Gasteiger partial charge is 0.495 e. The number of carbonyl (C=O) groups is 1. The first-order chi connectivity index (χ1) is 9.10. The lowest BCUT2D eigenvalue weighted by Gasteiger charge is -2.05. The molecule has 0 bridgehead atoms. The number of carboxylic acids is 1. The molecule has 2 aromatic rings. The Kier molecular flexibility index (Phi) is 4.01. The predicted octanol–water partition coefficient (Wildman–Crippen LogP) is 3.08. The van der Waals surface area contributed by atoms with Crippen LogP contribution in [-0.2, 0) is 0 Å². The lowest BCUT2D eigenvalue weighted by Crippen LogP contribution is -1.97. The van der Waals surface area contributed by atoms with Crippen LogP contribution in [0.1, 0.15) is 10.4 Å². The van der Waals surface area contributed by atoms with Gasteiger partial charge in [-0.25, -0.2) is 14.2 Å². The molecule has 0 amide bonds. The molecular weight excluding hydrogens is 269 g/mol. The van der Waals surface area contributed by atoms with Crippen molar-refractivity contribution in [3.63, 3.8) is 0 Å². The highest BCUT2D eigenvalue weighted by Gasteiger charge is 2.10. The summed E-state index contributed by atoms with van der Waals surface area (Å²) in [4.78, 5) is 15.1. The van der Waals surface area contributed by atoms with Gasteiger partial charge in [-0.2, -0.15) is 0 Å². The predicted molar refractivity (Wildman–Crippen MR) is 68.3 cm³/mol. The lowest BCUT2D eigenvalue weighted by molar-refractivity contribution is 0.0696. The molecule has 0 saturated carbocycles. The number of hydrogen-bond acceptors (Lipinski definition) is 4. The van der Waals surface area contributed by atoms with Crippen LogP contribution in [0.25, 0.3) is 0 Å². The molecule has 0 aliphatic rings. The summed E-state index contributed by atoms with van der Waals surface area (Å²) < 4.78 is 18.6. The Morgan fingerprint density at radius 2 is 2.16 bits per heavy atom. The molecule has 0 unspecified atom stereocenters. The van der Waals surface area contributed by atoms with Crippen molar-refractivity contribution in [3.8, 4) is 5.75 Å². The number of aromatic nitrogens is 1. The standard InChI is InChI=1S/C13H10FNO3S/c1-18-9-3-5-12(15-7-9)19-11-6-8(13(16)17)2-4-10(11)14/h2-7H,1H3,(H,16,17). The maximum absolute atomic E-state index is 13.6. The van der Waals surface area contributed by atoms with Crippen molar-refractivity contribution in [3.05, 3.63) is 47.9 Å². The van der Waals surface area contributed by atoms with Gasteiger partial charge in [-0.15, -0.1) is 0 Å². The van der Waals surface area contributed by atoms with E-state index in [1.165, 1.54) is 25.4 Å². The molecule has 4 nitrogen and oxygen atoms in total. The minimum atomic E-state index is -1.09. The van der Waals surface area contributed by atoms with Gasteiger partial charge in [0.25, 0.3) is 0 Å². The topological polar surface area (TPSA) is 59.4 Å². The molecule has 1 heterocycles. The molecule has 0 spiro atoms. The van der Waals surface area contributed by atoms with E-state index < -0.39 is 11.8 Å². The summed E-state index contributed by atoms with van der Waals surface area (Å²) in [5, 5.41) is 9.43. The summed E-state index contributed by atoms with van der Waals surface area (Å²) in [5.41, 5.74) is 0.0393. The number of methoxy groups -OCH3 is 1. The highest BCUT2D eigenvalue weighted by Crippen LogP contribution is 2.29. The van der Waals surface area contributed by atoms with Crippen molar-refractivity contribution in [2.75, 3.05) is 7.11 Å². The van der Waals surface area contributed by atoms with Crippen molar-refractivity contribution in [2.45, 2.75) is 9.92 Å². The minimum absolute atomic E-state index is 0.0393. The molecule has 0 aliphatic heterocycles. The maximum Gasteiger partial charge on any atom is 0.335 e.